The maximum absolute atomic E-state index is 12.4. The number of phenols is 1. The normalized spacial score (nSPS) is 15.0. The highest BCUT2D eigenvalue weighted by Crippen LogP contribution is 2.19. The summed E-state index contributed by atoms with van der Waals surface area (Å²) in [5.74, 6) is 0.574. The number of carbonyl (C=O) groups excluding carboxylic acids is 1. The highest BCUT2D eigenvalue weighted by atomic mass is 16.3. The molecule has 2 heterocycles. The topological polar surface area (TPSA) is 69.6 Å². The van der Waals surface area contributed by atoms with Crippen LogP contribution in [0.15, 0.2) is 42.7 Å². The van der Waals surface area contributed by atoms with E-state index in [1.165, 1.54) is 6.07 Å². The third kappa shape index (κ3) is 2.79. The van der Waals surface area contributed by atoms with E-state index in [0.717, 1.165) is 0 Å². The van der Waals surface area contributed by atoms with Crippen molar-refractivity contribution < 1.29 is 9.90 Å². The Kier molecular flexibility index (Phi) is 3.68. The lowest BCUT2D eigenvalue weighted by Gasteiger charge is -2.34. The van der Waals surface area contributed by atoms with Crippen molar-refractivity contribution in [2.24, 2.45) is 0 Å². The molecule has 1 aliphatic heterocycles. The van der Waals surface area contributed by atoms with Crippen molar-refractivity contribution in [2.45, 2.75) is 0 Å². The van der Waals surface area contributed by atoms with E-state index in [1.54, 1.807) is 41.6 Å². The van der Waals surface area contributed by atoms with Crippen LogP contribution in [0.2, 0.25) is 0 Å². The molecule has 6 nitrogen and oxygen atoms in total. The number of aromatic nitrogens is 2. The highest BCUT2D eigenvalue weighted by molar-refractivity contribution is 5.96. The third-order valence-electron chi connectivity index (χ3n) is 3.54. The monoisotopic (exact) mass is 284 g/mol. The van der Waals surface area contributed by atoms with Gasteiger partial charge >= 0.3 is 0 Å². The molecule has 21 heavy (non-hydrogen) atoms. The number of hydrogen-bond donors (Lipinski definition) is 1. The number of hydrogen-bond acceptors (Lipinski definition) is 5. The van der Waals surface area contributed by atoms with Gasteiger partial charge in [-0.05, 0) is 18.2 Å². The Morgan fingerprint density at radius 3 is 2.33 bits per heavy atom. The van der Waals surface area contributed by atoms with Crippen molar-refractivity contribution in [3.63, 3.8) is 0 Å². The van der Waals surface area contributed by atoms with Gasteiger partial charge in [-0.1, -0.05) is 12.1 Å². The first-order valence-electron chi connectivity index (χ1n) is 6.85. The molecule has 6 heteroatoms. The molecule has 0 spiro atoms. The van der Waals surface area contributed by atoms with Crippen LogP contribution in [0.5, 0.6) is 5.75 Å². The van der Waals surface area contributed by atoms with E-state index in [1.807, 2.05) is 0 Å². The molecule has 0 atom stereocenters. The van der Waals surface area contributed by atoms with Crippen LogP contribution in [0.25, 0.3) is 0 Å². The van der Waals surface area contributed by atoms with Crippen molar-refractivity contribution in [2.75, 3.05) is 31.1 Å². The average Bonchev–Trinajstić information content (AvgIpc) is 2.56. The van der Waals surface area contributed by atoms with Crippen molar-refractivity contribution >= 4 is 11.9 Å². The molecule has 0 radical (unpaired) electrons. The Morgan fingerprint density at radius 1 is 1.00 bits per heavy atom. The second-order valence-electron chi connectivity index (χ2n) is 4.85. The highest BCUT2D eigenvalue weighted by Gasteiger charge is 2.24. The number of phenolic OH excluding ortho intramolecular Hbond substituents is 1. The van der Waals surface area contributed by atoms with Crippen molar-refractivity contribution in [3.8, 4) is 5.75 Å². The van der Waals surface area contributed by atoms with Crippen LogP contribution in [-0.2, 0) is 0 Å². The smallest absolute Gasteiger partial charge is 0.257 e. The second kappa shape index (κ2) is 5.78. The van der Waals surface area contributed by atoms with E-state index in [0.29, 0.717) is 37.7 Å². The molecule has 0 unspecified atom stereocenters. The Bertz CT molecular complexity index is 625. The molecule has 1 aromatic carbocycles. The number of carbonyl (C=O) groups is 1. The van der Waals surface area contributed by atoms with E-state index >= 15 is 0 Å². The molecule has 1 saturated heterocycles. The Labute approximate surface area is 122 Å². The van der Waals surface area contributed by atoms with Crippen LogP contribution in [0.4, 0.5) is 5.95 Å². The number of anilines is 1. The van der Waals surface area contributed by atoms with Gasteiger partial charge in [0.1, 0.15) is 5.75 Å². The summed E-state index contributed by atoms with van der Waals surface area (Å²) in [6, 6.07) is 8.41. The lowest BCUT2D eigenvalue weighted by Crippen LogP contribution is -2.49. The van der Waals surface area contributed by atoms with Crippen LogP contribution in [-0.4, -0.2) is 52.1 Å². The number of aromatic hydroxyl groups is 1. The number of amides is 1. The molecule has 1 aromatic heterocycles. The third-order valence-corrected chi connectivity index (χ3v) is 3.54. The van der Waals surface area contributed by atoms with Crippen molar-refractivity contribution in [1.29, 1.82) is 0 Å². The summed E-state index contributed by atoms with van der Waals surface area (Å²) in [6.45, 7) is 2.55. The SMILES string of the molecule is O=C(c1ccccc1O)N1CCN(c2ncccn2)CC1. The van der Waals surface area contributed by atoms with Gasteiger partial charge in [-0.3, -0.25) is 4.79 Å². The predicted molar refractivity (Wildman–Crippen MR) is 78.3 cm³/mol. The quantitative estimate of drug-likeness (QED) is 0.895. The fraction of sp³-hybridized carbons (Fsp3) is 0.267. The molecule has 1 amide bonds. The molecular formula is C15H16N4O2. The number of piperazine rings is 1. The van der Waals surface area contributed by atoms with Gasteiger partial charge in [0.05, 0.1) is 5.56 Å². The number of rotatable bonds is 2. The predicted octanol–water partition coefficient (Wildman–Crippen LogP) is 1.14. The maximum Gasteiger partial charge on any atom is 0.257 e. The minimum Gasteiger partial charge on any atom is -0.507 e. The van der Waals surface area contributed by atoms with Crippen molar-refractivity contribution in [3.05, 3.63) is 48.3 Å². The zero-order valence-corrected chi connectivity index (χ0v) is 11.5. The van der Waals surface area contributed by atoms with E-state index in [4.69, 9.17) is 0 Å². The first-order chi connectivity index (χ1) is 10.3. The van der Waals surface area contributed by atoms with Gasteiger partial charge in [-0.15, -0.1) is 0 Å². The standard InChI is InChI=1S/C15H16N4O2/c20-13-5-2-1-4-12(13)14(21)18-8-10-19(11-9-18)15-16-6-3-7-17-15/h1-7,20H,8-11H2. The van der Waals surface area contributed by atoms with E-state index < -0.39 is 0 Å². The van der Waals surface area contributed by atoms with Gasteiger partial charge in [-0.25, -0.2) is 9.97 Å². The first kappa shape index (κ1) is 13.4. The summed E-state index contributed by atoms with van der Waals surface area (Å²) in [5.41, 5.74) is 0.349. The molecule has 1 aliphatic rings. The summed E-state index contributed by atoms with van der Waals surface area (Å²) < 4.78 is 0. The first-order valence-corrected chi connectivity index (χ1v) is 6.85. The van der Waals surface area contributed by atoms with Crippen LogP contribution in [0.1, 0.15) is 10.4 Å². The van der Waals surface area contributed by atoms with Gasteiger partial charge < -0.3 is 14.9 Å². The van der Waals surface area contributed by atoms with Crippen LogP contribution < -0.4 is 4.90 Å². The van der Waals surface area contributed by atoms with Crippen LogP contribution in [0, 0.1) is 0 Å². The number of nitrogens with zero attached hydrogens (tertiary/aromatic N) is 4. The summed E-state index contributed by atoms with van der Waals surface area (Å²) in [4.78, 5) is 24.6. The largest absolute Gasteiger partial charge is 0.507 e. The molecule has 0 bridgehead atoms. The summed E-state index contributed by atoms with van der Waals surface area (Å²) >= 11 is 0. The zero-order valence-electron chi connectivity index (χ0n) is 11.5. The van der Waals surface area contributed by atoms with E-state index in [2.05, 4.69) is 14.9 Å². The number of para-hydroxylation sites is 1. The summed E-state index contributed by atoms with van der Waals surface area (Å²) in [5, 5.41) is 9.76. The molecule has 2 aromatic rings. The Hall–Kier alpha value is -2.63. The molecule has 0 aliphatic carbocycles. The zero-order chi connectivity index (χ0) is 14.7. The molecule has 0 saturated carbocycles. The molecule has 108 valence electrons. The van der Waals surface area contributed by atoms with Crippen LogP contribution >= 0.6 is 0 Å². The van der Waals surface area contributed by atoms with E-state index in [-0.39, 0.29) is 11.7 Å². The second-order valence-corrected chi connectivity index (χ2v) is 4.85. The fourth-order valence-corrected chi connectivity index (χ4v) is 2.39. The van der Waals surface area contributed by atoms with Gasteiger partial charge in [-0.2, -0.15) is 0 Å². The minimum absolute atomic E-state index is 0.0244. The van der Waals surface area contributed by atoms with Gasteiger partial charge in [0.25, 0.3) is 5.91 Å². The molecular weight excluding hydrogens is 268 g/mol. The molecule has 1 fully saturated rings. The average molecular weight is 284 g/mol. The summed E-state index contributed by atoms with van der Waals surface area (Å²) in [6.07, 6.45) is 3.42. The van der Waals surface area contributed by atoms with Crippen LogP contribution in [0.3, 0.4) is 0 Å². The lowest BCUT2D eigenvalue weighted by molar-refractivity contribution is 0.0743. The van der Waals surface area contributed by atoms with Gasteiger partial charge in [0, 0.05) is 38.6 Å². The van der Waals surface area contributed by atoms with E-state index in [9.17, 15) is 9.90 Å². The molecule has 3 rings (SSSR count). The Balaban J connectivity index is 1.66. The lowest BCUT2D eigenvalue weighted by atomic mass is 10.1. The maximum atomic E-state index is 12.4. The Morgan fingerprint density at radius 2 is 1.67 bits per heavy atom. The van der Waals surface area contributed by atoms with Crippen molar-refractivity contribution in [1.82, 2.24) is 14.9 Å². The van der Waals surface area contributed by atoms with Gasteiger partial charge in [0.15, 0.2) is 0 Å². The number of benzene rings is 1. The fourth-order valence-electron chi connectivity index (χ4n) is 2.39. The minimum atomic E-state index is -0.137. The van der Waals surface area contributed by atoms with Gasteiger partial charge in [0.2, 0.25) is 5.95 Å². The molecule has 1 N–H and O–H groups in total. The summed E-state index contributed by atoms with van der Waals surface area (Å²) in [7, 11) is 0.